The molecule has 3 nitrogen and oxygen atoms in total. The second-order valence-corrected chi connectivity index (χ2v) is 4.15. The minimum absolute atomic E-state index is 0.373. The molecular weight excluding hydrogens is 210 g/mol. The minimum atomic E-state index is 0.373. The van der Waals surface area contributed by atoms with Crippen molar-refractivity contribution in [1.29, 1.82) is 0 Å². The molecule has 4 heteroatoms. The van der Waals surface area contributed by atoms with Crippen LogP contribution in [0.4, 0.5) is 11.5 Å². The van der Waals surface area contributed by atoms with Crippen molar-refractivity contribution in [1.82, 2.24) is 4.98 Å². The molecule has 15 heavy (non-hydrogen) atoms. The normalized spacial score (nSPS) is 12.5. The summed E-state index contributed by atoms with van der Waals surface area (Å²) in [7, 11) is 0. The Morgan fingerprint density at radius 3 is 2.93 bits per heavy atom. The molecule has 1 aromatic heterocycles. The molecule has 1 atom stereocenters. The Morgan fingerprint density at radius 2 is 2.27 bits per heavy atom. The number of anilines is 2. The largest absolute Gasteiger partial charge is 0.396 e. The van der Waals surface area contributed by atoms with E-state index < -0.39 is 0 Å². The maximum Gasteiger partial charge on any atom is 0.151 e. The second-order valence-electron chi connectivity index (χ2n) is 3.76. The number of hydrogen-bond donors (Lipinski definition) is 2. The van der Waals surface area contributed by atoms with Gasteiger partial charge in [-0.1, -0.05) is 31.4 Å². The Morgan fingerprint density at radius 1 is 1.53 bits per heavy atom. The summed E-state index contributed by atoms with van der Waals surface area (Å²) in [6, 6.07) is 3.83. The summed E-state index contributed by atoms with van der Waals surface area (Å²) in [6.07, 6.45) is 3.52. The monoisotopic (exact) mass is 227 g/mol. The number of pyridine rings is 1. The van der Waals surface area contributed by atoms with E-state index in [1.54, 1.807) is 12.1 Å². The van der Waals surface area contributed by atoms with Gasteiger partial charge in [0.2, 0.25) is 0 Å². The summed E-state index contributed by atoms with van der Waals surface area (Å²) in [5, 5.41) is 3.73. The van der Waals surface area contributed by atoms with Crippen molar-refractivity contribution < 1.29 is 0 Å². The standard InChI is InChI=1S/C11H18ClN3/c1-3-4-5-8(2)14-11-9(13)6-7-10(12)15-11/h6-8H,3-5,13H2,1-2H3,(H,14,15). The van der Waals surface area contributed by atoms with Crippen LogP contribution in [0.3, 0.4) is 0 Å². The van der Waals surface area contributed by atoms with Gasteiger partial charge in [0, 0.05) is 6.04 Å². The third kappa shape index (κ3) is 3.96. The maximum atomic E-state index is 5.80. The molecule has 0 radical (unpaired) electrons. The summed E-state index contributed by atoms with van der Waals surface area (Å²) in [5.74, 6) is 0.686. The number of aromatic nitrogens is 1. The van der Waals surface area contributed by atoms with Gasteiger partial charge in [-0.25, -0.2) is 4.98 Å². The first-order chi connectivity index (χ1) is 7.13. The third-order valence-corrected chi connectivity index (χ3v) is 2.48. The van der Waals surface area contributed by atoms with Gasteiger partial charge in [0.1, 0.15) is 5.15 Å². The lowest BCUT2D eigenvalue weighted by Crippen LogP contribution is -2.16. The van der Waals surface area contributed by atoms with Crippen LogP contribution in [0.1, 0.15) is 33.1 Å². The number of unbranched alkanes of at least 4 members (excludes halogenated alkanes) is 1. The molecule has 1 heterocycles. The van der Waals surface area contributed by atoms with Gasteiger partial charge in [0.15, 0.2) is 5.82 Å². The number of nitrogens with one attached hydrogen (secondary N) is 1. The van der Waals surface area contributed by atoms with E-state index in [0.717, 1.165) is 6.42 Å². The predicted molar refractivity (Wildman–Crippen MR) is 66.3 cm³/mol. The van der Waals surface area contributed by atoms with Crippen molar-refractivity contribution in [3.63, 3.8) is 0 Å². The molecule has 0 aromatic carbocycles. The van der Waals surface area contributed by atoms with Crippen LogP contribution in [-0.2, 0) is 0 Å². The van der Waals surface area contributed by atoms with Crippen LogP contribution < -0.4 is 11.1 Å². The van der Waals surface area contributed by atoms with Crippen molar-refractivity contribution in [3.8, 4) is 0 Å². The number of nitrogens with zero attached hydrogens (tertiary/aromatic N) is 1. The molecule has 0 aliphatic heterocycles. The van der Waals surface area contributed by atoms with Crippen LogP contribution >= 0.6 is 11.6 Å². The molecule has 0 fully saturated rings. The smallest absolute Gasteiger partial charge is 0.151 e. The van der Waals surface area contributed by atoms with Gasteiger partial charge in [0.25, 0.3) is 0 Å². The zero-order valence-electron chi connectivity index (χ0n) is 9.26. The summed E-state index contributed by atoms with van der Waals surface area (Å²) in [6.45, 7) is 4.30. The van der Waals surface area contributed by atoms with E-state index in [1.165, 1.54) is 12.8 Å². The first-order valence-corrected chi connectivity index (χ1v) is 5.69. The van der Waals surface area contributed by atoms with Gasteiger partial charge in [-0.15, -0.1) is 0 Å². The molecule has 84 valence electrons. The Bertz CT molecular complexity index is 315. The van der Waals surface area contributed by atoms with Crippen LogP contribution in [0.5, 0.6) is 0 Å². The van der Waals surface area contributed by atoms with Crippen LogP contribution in [0.15, 0.2) is 12.1 Å². The molecule has 0 saturated carbocycles. The number of hydrogen-bond acceptors (Lipinski definition) is 3. The first-order valence-electron chi connectivity index (χ1n) is 5.32. The number of nitrogens with two attached hydrogens (primary N) is 1. The van der Waals surface area contributed by atoms with Crippen molar-refractivity contribution in [2.45, 2.75) is 39.2 Å². The third-order valence-electron chi connectivity index (χ3n) is 2.27. The molecule has 3 N–H and O–H groups in total. The van der Waals surface area contributed by atoms with E-state index >= 15 is 0 Å². The zero-order valence-corrected chi connectivity index (χ0v) is 10.0. The fraction of sp³-hybridized carbons (Fsp3) is 0.545. The number of nitrogen functional groups attached to an aromatic ring is 1. The molecule has 0 saturated heterocycles. The average Bonchev–Trinajstić information content (AvgIpc) is 2.20. The number of rotatable bonds is 5. The van der Waals surface area contributed by atoms with Crippen molar-refractivity contribution >= 4 is 23.1 Å². The Kier molecular flexibility index (Phi) is 4.69. The summed E-state index contributed by atoms with van der Waals surface area (Å²) >= 11 is 5.80. The topological polar surface area (TPSA) is 50.9 Å². The summed E-state index contributed by atoms with van der Waals surface area (Å²) in [4.78, 5) is 4.15. The van der Waals surface area contributed by atoms with Crippen molar-refractivity contribution in [3.05, 3.63) is 17.3 Å². The Labute approximate surface area is 96.0 Å². The van der Waals surface area contributed by atoms with E-state index in [-0.39, 0.29) is 0 Å². The molecular formula is C11H18ClN3. The van der Waals surface area contributed by atoms with Crippen LogP contribution in [0.2, 0.25) is 5.15 Å². The van der Waals surface area contributed by atoms with E-state index in [0.29, 0.717) is 22.7 Å². The lowest BCUT2D eigenvalue weighted by Gasteiger charge is -2.15. The molecule has 0 aliphatic rings. The van der Waals surface area contributed by atoms with Crippen molar-refractivity contribution in [2.24, 2.45) is 0 Å². The van der Waals surface area contributed by atoms with Crippen molar-refractivity contribution in [2.75, 3.05) is 11.1 Å². The Hall–Kier alpha value is -0.960. The Balaban J connectivity index is 2.59. The van der Waals surface area contributed by atoms with Gasteiger partial charge in [-0.05, 0) is 25.5 Å². The zero-order chi connectivity index (χ0) is 11.3. The van der Waals surface area contributed by atoms with Gasteiger partial charge in [-0.3, -0.25) is 0 Å². The van der Waals surface area contributed by atoms with Gasteiger partial charge < -0.3 is 11.1 Å². The highest BCUT2D eigenvalue weighted by molar-refractivity contribution is 6.29. The van der Waals surface area contributed by atoms with Gasteiger partial charge in [-0.2, -0.15) is 0 Å². The van der Waals surface area contributed by atoms with E-state index in [1.807, 2.05) is 0 Å². The van der Waals surface area contributed by atoms with Gasteiger partial charge >= 0.3 is 0 Å². The maximum absolute atomic E-state index is 5.80. The molecule has 0 bridgehead atoms. The van der Waals surface area contributed by atoms with Crippen LogP contribution in [0.25, 0.3) is 0 Å². The second kappa shape index (κ2) is 5.81. The summed E-state index contributed by atoms with van der Waals surface area (Å²) in [5.41, 5.74) is 6.42. The highest BCUT2D eigenvalue weighted by atomic mass is 35.5. The van der Waals surface area contributed by atoms with Gasteiger partial charge in [0.05, 0.1) is 5.69 Å². The first kappa shape index (κ1) is 12.1. The minimum Gasteiger partial charge on any atom is -0.396 e. The van der Waals surface area contributed by atoms with E-state index in [4.69, 9.17) is 17.3 Å². The SMILES string of the molecule is CCCCC(C)Nc1nc(Cl)ccc1N. The van der Waals surface area contributed by atoms with Crippen LogP contribution in [-0.4, -0.2) is 11.0 Å². The number of halogens is 1. The lowest BCUT2D eigenvalue weighted by molar-refractivity contribution is 0.643. The molecule has 0 aliphatic carbocycles. The molecule has 1 rings (SSSR count). The van der Waals surface area contributed by atoms with E-state index in [9.17, 15) is 0 Å². The fourth-order valence-corrected chi connectivity index (χ4v) is 1.53. The van der Waals surface area contributed by atoms with Crippen LogP contribution in [0, 0.1) is 0 Å². The molecule has 0 amide bonds. The molecule has 1 unspecified atom stereocenters. The molecule has 1 aromatic rings. The average molecular weight is 228 g/mol. The quantitative estimate of drug-likeness (QED) is 0.759. The lowest BCUT2D eigenvalue weighted by atomic mass is 10.1. The van der Waals surface area contributed by atoms with E-state index in [2.05, 4.69) is 24.1 Å². The highest BCUT2D eigenvalue weighted by Gasteiger charge is 2.06. The fourth-order valence-electron chi connectivity index (χ4n) is 1.38. The summed E-state index contributed by atoms with van der Waals surface area (Å²) < 4.78 is 0. The predicted octanol–water partition coefficient (Wildman–Crippen LogP) is 3.31. The highest BCUT2D eigenvalue weighted by Crippen LogP contribution is 2.19. The molecule has 0 spiro atoms.